The van der Waals surface area contributed by atoms with E-state index in [4.69, 9.17) is 0 Å². The summed E-state index contributed by atoms with van der Waals surface area (Å²) in [6.45, 7) is 10.7. The Bertz CT molecular complexity index is 284. The fourth-order valence-corrected chi connectivity index (χ4v) is 1.21. The second-order valence-corrected chi connectivity index (χ2v) is 4.75. The highest BCUT2D eigenvalue weighted by atomic mass is 32.3. The van der Waals surface area contributed by atoms with Crippen molar-refractivity contribution in [3.05, 3.63) is 25.3 Å². The second-order valence-electron chi connectivity index (χ2n) is 3.69. The molecule has 0 aromatic carbocycles. The molecule has 0 saturated heterocycles. The first kappa shape index (κ1) is 17.7. The van der Waals surface area contributed by atoms with Gasteiger partial charge in [0.25, 0.3) is 0 Å². The maximum absolute atomic E-state index is 9.45. The standard InChI is InChI=1S/C8H16N.C2H6O4S/c1-5-7-9(3,4)8-6-2;1-2-6-7(3,4)5/h5-6H,1-2,7-8H2,3-4H3;2H2,1H3,(H,3,4,5)/q+1;/p-1. The molecule has 0 rings (SSSR count). The van der Waals surface area contributed by atoms with Crippen LogP contribution in [0.4, 0.5) is 0 Å². The van der Waals surface area contributed by atoms with Gasteiger partial charge in [-0.05, 0) is 19.1 Å². The summed E-state index contributed by atoms with van der Waals surface area (Å²) in [6.07, 6.45) is 3.87. The number of quaternary nitrogens is 1. The molecule has 0 spiro atoms. The molecule has 5 nitrogen and oxygen atoms in total. The minimum absolute atomic E-state index is 0.0914. The van der Waals surface area contributed by atoms with Gasteiger partial charge in [0.2, 0.25) is 10.4 Å². The van der Waals surface area contributed by atoms with E-state index in [0.717, 1.165) is 17.6 Å². The predicted octanol–water partition coefficient (Wildman–Crippen LogP) is 0.918. The van der Waals surface area contributed by atoms with Crippen molar-refractivity contribution in [2.75, 3.05) is 33.8 Å². The lowest BCUT2D eigenvalue weighted by atomic mass is 10.4. The number of nitrogens with zero attached hydrogens (tertiary/aromatic N) is 1. The van der Waals surface area contributed by atoms with Crippen molar-refractivity contribution in [1.29, 1.82) is 0 Å². The van der Waals surface area contributed by atoms with E-state index >= 15 is 0 Å². The van der Waals surface area contributed by atoms with E-state index in [1.807, 2.05) is 12.2 Å². The van der Waals surface area contributed by atoms with Crippen molar-refractivity contribution in [1.82, 2.24) is 0 Å². The number of likely N-dealkylation sites (N-methyl/N-ethyl adjacent to an activating group) is 1. The summed E-state index contributed by atoms with van der Waals surface area (Å²) in [5.41, 5.74) is 0. The van der Waals surface area contributed by atoms with Crippen molar-refractivity contribution >= 4 is 10.4 Å². The largest absolute Gasteiger partial charge is 0.726 e. The molecular formula is C10H21NO4S. The highest BCUT2D eigenvalue weighted by molar-refractivity contribution is 7.80. The molecule has 0 N–H and O–H groups in total. The van der Waals surface area contributed by atoms with E-state index in [9.17, 15) is 13.0 Å². The predicted molar refractivity (Wildman–Crippen MR) is 63.6 cm³/mol. The van der Waals surface area contributed by atoms with Gasteiger partial charge < -0.3 is 9.04 Å². The summed E-state index contributed by atoms with van der Waals surface area (Å²) in [7, 11) is -0.112. The Hall–Kier alpha value is -0.690. The summed E-state index contributed by atoms with van der Waals surface area (Å²) < 4.78 is 33.0. The number of hydrogen-bond donors (Lipinski definition) is 0. The zero-order chi connectivity index (χ0) is 13.2. The van der Waals surface area contributed by atoms with Gasteiger partial charge in [-0.2, -0.15) is 0 Å². The van der Waals surface area contributed by atoms with Crippen LogP contribution < -0.4 is 0 Å². The number of rotatable bonds is 6. The fourth-order valence-electron chi connectivity index (χ4n) is 0.918. The van der Waals surface area contributed by atoms with Crippen LogP contribution in [-0.4, -0.2) is 51.2 Å². The lowest BCUT2D eigenvalue weighted by molar-refractivity contribution is -0.878. The first-order valence-corrected chi connectivity index (χ1v) is 6.16. The zero-order valence-corrected chi connectivity index (χ0v) is 11.0. The van der Waals surface area contributed by atoms with Gasteiger partial charge in [-0.3, -0.25) is 4.18 Å². The zero-order valence-electron chi connectivity index (χ0n) is 10.2. The lowest BCUT2D eigenvalue weighted by Gasteiger charge is -2.26. The molecule has 0 unspecified atom stereocenters. The summed E-state index contributed by atoms with van der Waals surface area (Å²) in [5.74, 6) is 0. The molecule has 6 heteroatoms. The highest BCUT2D eigenvalue weighted by Crippen LogP contribution is 1.95. The lowest BCUT2D eigenvalue weighted by Crippen LogP contribution is -2.39. The molecule has 0 saturated carbocycles. The van der Waals surface area contributed by atoms with Crippen LogP contribution in [-0.2, 0) is 14.6 Å². The van der Waals surface area contributed by atoms with Crippen molar-refractivity contribution in [2.45, 2.75) is 6.92 Å². The quantitative estimate of drug-likeness (QED) is 0.305. The molecule has 0 heterocycles. The molecule has 0 aliphatic rings. The molecule has 96 valence electrons. The fraction of sp³-hybridized carbons (Fsp3) is 0.600. The van der Waals surface area contributed by atoms with Gasteiger partial charge in [-0.1, -0.05) is 13.2 Å². The van der Waals surface area contributed by atoms with Crippen molar-refractivity contribution in [3.63, 3.8) is 0 Å². The van der Waals surface area contributed by atoms with E-state index < -0.39 is 10.4 Å². The van der Waals surface area contributed by atoms with Crippen LogP contribution in [0.1, 0.15) is 6.92 Å². The van der Waals surface area contributed by atoms with Crippen LogP contribution in [0.5, 0.6) is 0 Å². The molecule has 0 aromatic rings. The van der Waals surface area contributed by atoms with E-state index in [2.05, 4.69) is 31.4 Å². The smallest absolute Gasteiger partial charge is 0.217 e. The third-order valence-electron chi connectivity index (χ3n) is 1.51. The molecule has 0 amide bonds. The molecule has 0 fully saturated rings. The molecule has 0 radical (unpaired) electrons. The van der Waals surface area contributed by atoms with E-state index in [1.165, 1.54) is 6.92 Å². The van der Waals surface area contributed by atoms with E-state index in [1.54, 1.807) is 0 Å². The molecular weight excluding hydrogens is 230 g/mol. The Balaban J connectivity index is 0. The molecule has 0 bridgehead atoms. The van der Waals surface area contributed by atoms with Gasteiger partial charge in [0.15, 0.2) is 0 Å². The van der Waals surface area contributed by atoms with Gasteiger partial charge in [-0.15, -0.1) is 0 Å². The monoisotopic (exact) mass is 251 g/mol. The average Bonchev–Trinajstić information content (AvgIpc) is 2.01. The van der Waals surface area contributed by atoms with Crippen molar-refractivity contribution in [3.8, 4) is 0 Å². The van der Waals surface area contributed by atoms with Gasteiger partial charge in [0, 0.05) is 0 Å². The first-order chi connectivity index (χ1) is 7.18. The van der Waals surface area contributed by atoms with E-state index in [-0.39, 0.29) is 6.61 Å². The van der Waals surface area contributed by atoms with Crippen LogP contribution in [0.15, 0.2) is 25.3 Å². The summed E-state index contributed by atoms with van der Waals surface area (Å²) in [4.78, 5) is 0. The topological polar surface area (TPSA) is 66.4 Å². The SMILES string of the molecule is C=CC[N+](C)(C)CC=C.CCOS(=O)(=O)[O-]. The first-order valence-electron chi connectivity index (χ1n) is 4.82. The van der Waals surface area contributed by atoms with Gasteiger partial charge in [0.1, 0.15) is 0 Å². The summed E-state index contributed by atoms with van der Waals surface area (Å²) in [6, 6.07) is 0. The summed E-state index contributed by atoms with van der Waals surface area (Å²) >= 11 is 0. The Morgan fingerprint density at radius 1 is 1.25 bits per heavy atom. The Kier molecular flexibility index (Phi) is 9.36. The maximum atomic E-state index is 9.45. The second kappa shape index (κ2) is 8.46. The Morgan fingerprint density at radius 3 is 1.75 bits per heavy atom. The van der Waals surface area contributed by atoms with Crippen LogP contribution in [0.25, 0.3) is 0 Å². The van der Waals surface area contributed by atoms with Crippen LogP contribution in [0.3, 0.4) is 0 Å². The van der Waals surface area contributed by atoms with Crippen LogP contribution in [0, 0.1) is 0 Å². The molecule has 16 heavy (non-hydrogen) atoms. The Morgan fingerprint density at radius 2 is 1.62 bits per heavy atom. The molecule has 0 atom stereocenters. The molecule has 0 aliphatic carbocycles. The Labute approximate surface area is 98.6 Å². The third-order valence-corrected chi connectivity index (χ3v) is 2.03. The van der Waals surface area contributed by atoms with Gasteiger partial charge in [0.05, 0.1) is 33.8 Å². The third kappa shape index (κ3) is 15.8. The molecule has 0 aromatic heterocycles. The maximum Gasteiger partial charge on any atom is 0.217 e. The highest BCUT2D eigenvalue weighted by Gasteiger charge is 2.07. The minimum atomic E-state index is -4.42. The van der Waals surface area contributed by atoms with Gasteiger partial charge >= 0.3 is 0 Å². The van der Waals surface area contributed by atoms with Crippen LogP contribution >= 0.6 is 0 Å². The summed E-state index contributed by atoms with van der Waals surface area (Å²) in [5, 5.41) is 0. The van der Waals surface area contributed by atoms with Crippen molar-refractivity contribution < 1.29 is 21.6 Å². The molecule has 0 aliphatic heterocycles. The average molecular weight is 251 g/mol. The van der Waals surface area contributed by atoms with Crippen molar-refractivity contribution in [2.24, 2.45) is 0 Å². The number of hydrogen-bond acceptors (Lipinski definition) is 4. The normalized spacial score (nSPS) is 11.2. The van der Waals surface area contributed by atoms with Crippen LogP contribution in [0.2, 0.25) is 0 Å². The minimum Gasteiger partial charge on any atom is -0.726 e. The van der Waals surface area contributed by atoms with E-state index in [0.29, 0.717) is 0 Å². The van der Waals surface area contributed by atoms with Gasteiger partial charge in [-0.25, -0.2) is 8.42 Å².